The minimum absolute atomic E-state index is 0.183. The summed E-state index contributed by atoms with van der Waals surface area (Å²) in [4.78, 5) is 4.12. The molecule has 3 aromatic rings. The van der Waals surface area contributed by atoms with Gasteiger partial charge in [0.25, 0.3) is 0 Å². The van der Waals surface area contributed by atoms with E-state index in [1.165, 1.54) is 18.5 Å². The fourth-order valence-electron chi connectivity index (χ4n) is 3.72. The van der Waals surface area contributed by atoms with Crippen LogP contribution in [0.15, 0.2) is 79.0 Å². The lowest BCUT2D eigenvalue weighted by atomic mass is 9.83. The second-order valence-corrected chi connectivity index (χ2v) is 9.02. The Balaban J connectivity index is 1.97. The molecule has 1 heterocycles. The van der Waals surface area contributed by atoms with E-state index in [0.29, 0.717) is 10.9 Å². The first-order chi connectivity index (χ1) is 12.9. The van der Waals surface area contributed by atoms with Gasteiger partial charge in [0.2, 0.25) is 0 Å². The maximum atomic E-state index is 14.3. The lowest BCUT2D eigenvalue weighted by Crippen LogP contribution is -2.35. The quantitative estimate of drug-likeness (QED) is 0.665. The van der Waals surface area contributed by atoms with Crippen molar-refractivity contribution >= 4 is 26.3 Å². The summed E-state index contributed by atoms with van der Waals surface area (Å²) in [7, 11) is -3.56. The summed E-state index contributed by atoms with van der Waals surface area (Å²) >= 11 is 0. The van der Waals surface area contributed by atoms with Gasteiger partial charge in [0.05, 0.1) is 0 Å². The molecule has 1 aliphatic carbocycles. The number of allylic oxidation sites excluding steroid dienone is 3. The van der Waals surface area contributed by atoms with Crippen LogP contribution < -0.4 is 0 Å². The van der Waals surface area contributed by atoms with E-state index in [0.717, 1.165) is 11.1 Å². The lowest BCUT2D eigenvalue weighted by Gasteiger charge is -2.33. The Bertz CT molecular complexity index is 1180. The molecule has 0 radical (unpaired) electrons. The van der Waals surface area contributed by atoms with Crippen molar-refractivity contribution in [2.24, 2.45) is 0 Å². The van der Waals surface area contributed by atoms with Crippen molar-refractivity contribution in [2.45, 2.75) is 11.2 Å². The number of rotatable bonds is 3. The van der Waals surface area contributed by atoms with E-state index >= 15 is 0 Å². The van der Waals surface area contributed by atoms with Crippen molar-refractivity contribution in [3.05, 3.63) is 96.0 Å². The third kappa shape index (κ3) is 2.88. The number of nitrogens with zero attached hydrogens (tertiary/aromatic N) is 1. The van der Waals surface area contributed by atoms with E-state index in [1.54, 1.807) is 30.4 Å². The van der Waals surface area contributed by atoms with Gasteiger partial charge in [-0.05, 0) is 28.8 Å². The van der Waals surface area contributed by atoms with Crippen molar-refractivity contribution in [1.82, 2.24) is 4.98 Å². The molecule has 2 aromatic carbocycles. The summed E-state index contributed by atoms with van der Waals surface area (Å²) < 4.78 is 39.0. The van der Waals surface area contributed by atoms with Crippen LogP contribution in [-0.4, -0.2) is 19.7 Å². The summed E-state index contributed by atoms with van der Waals surface area (Å²) in [5.41, 5.74) is 2.62. The Labute approximate surface area is 157 Å². The van der Waals surface area contributed by atoms with E-state index in [4.69, 9.17) is 0 Å². The Hall–Kier alpha value is -2.79. The summed E-state index contributed by atoms with van der Waals surface area (Å²) in [5, 5.41) is 0.516. The van der Waals surface area contributed by atoms with Crippen LogP contribution in [0.1, 0.15) is 17.5 Å². The molecule has 3 nitrogen and oxygen atoms in total. The lowest BCUT2D eigenvalue weighted by molar-refractivity contribution is 0.566. The van der Waals surface area contributed by atoms with Gasteiger partial charge in [-0.1, -0.05) is 60.7 Å². The van der Waals surface area contributed by atoms with E-state index in [-0.39, 0.29) is 11.9 Å². The smallest absolute Gasteiger partial charge is 0.161 e. The van der Waals surface area contributed by atoms with Crippen LogP contribution in [0, 0.1) is 5.82 Å². The van der Waals surface area contributed by atoms with Crippen molar-refractivity contribution in [1.29, 1.82) is 0 Å². The zero-order chi connectivity index (χ0) is 19.1. The fourth-order valence-corrected chi connectivity index (χ4v) is 5.04. The molecule has 0 amide bonds. The number of pyridine rings is 1. The highest BCUT2D eigenvalue weighted by molar-refractivity contribution is 7.91. The summed E-state index contributed by atoms with van der Waals surface area (Å²) in [5.74, 6) is -0.461. The maximum absolute atomic E-state index is 14.3. The third-order valence-corrected chi connectivity index (χ3v) is 6.92. The van der Waals surface area contributed by atoms with E-state index in [2.05, 4.69) is 4.98 Å². The molecule has 0 bridgehead atoms. The van der Waals surface area contributed by atoms with Gasteiger partial charge in [-0.25, -0.2) is 12.8 Å². The Morgan fingerprint density at radius 3 is 2.56 bits per heavy atom. The number of hydrogen-bond donors (Lipinski definition) is 0. The molecular formula is C22H18FNO2S. The van der Waals surface area contributed by atoms with Crippen LogP contribution in [0.2, 0.25) is 0 Å². The molecule has 1 aliphatic rings. The predicted octanol–water partition coefficient (Wildman–Crippen LogP) is 4.66. The summed E-state index contributed by atoms with van der Waals surface area (Å²) in [6.07, 6.45) is 8.40. The molecule has 0 saturated heterocycles. The first-order valence-electron chi connectivity index (χ1n) is 8.59. The Kier molecular flexibility index (Phi) is 4.19. The molecular weight excluding hydrogens is 361 g/mol. The Morgan fingerprint density at radius 2 is 1.81 bits per heavy atom. The molecule has 0 spiro atoms. The zero-order valence-electron chi connectivity index (χ0n) is 14.8. The monoisotopic (exact) mass is 379 g/mol. The normalized spacial score (nSPS) is 19.9. The largest absolute Gasteiger partial charge is 0.253 e. The first kappa shape index (κ1) is 17.6. The number of hydrogen-bond acceptors (Lipinski definition) is 3. The maximum Gasteiger partial charge on any atom is 0.161 e. The van der Waals surface area contributed by atoms with Crippen molar-refractivity contribution in [3.8, 4) is 0 Å². The van der Waals surface area contributed by atoms with Crippen LogP contribution >= 0.6 is 0 Å². The average Bonchev–Trinajstić information content (AvgIpc) is 2.68. The van der Waals surface area contributed by atoms with E-state index in [9.17, 15) is 12.8 Å². The first-order valence-corrected chi connectivity index (χ1v) is 10.5. The molecule has 0 fully saturated rings. The highest BCUT2D eigenvalue weighted by atomic mass is 32.2. The number of aromatic nitrogens is 1. The van der Waals surface area contributed by atoms with Crippen LogP contribution in [0.3, 0.4) is 0 Å². The van der Waals surface area contributed by atoms with Gasteiger partial charge in [0, 0.05) is 24.3 Å². The SMILES string of the molecule is CS(=O)(=O)C1(c2ccnc3c(F)cccc23)C=CC=C(c2ccccc2)C1. The highest BCUT2D eigenvalue weighted by Crippen LogP contribution is 2.45. The number of sulfone groups is 1. The second kappa shape index (κ2) is 6.43. The summed E-state index contributed by atoms with van der Waals surface area (Å²) in [6, 6.07) is 16.0. The number of halogens is 1. The zero-order valence-corrected chi connectivity index (χ0v) is 15.6. The molecule has 5 heteroatoms. The minimum atomic E-state index is -3.56. The molecule has 1 atom stereocenters. The molecule has 0 aliphatic heterocycles. The topological polar surface area (TPSA) is 47.0 Å². The number of benzene rings is 2. The molecule has 136 valence electrons. The second-order valence-electron chi connectivity index (χ2n) is 6.75. The van der Waals surface area contributed by atoms with Crippen molar-refractivity contribution in [3.63, 3.8) is 0 Å². The van der Waals surface area contributed by atoms with Crippen LogP contribution in [0.5, 0.6) is 0 Å². The molecule has 0 saturated carbocycles. The van der Waals surface area contributed by atoms with Gasteiger partial charge in [-0.3, -0.25) is 4.98 Å². The minimum Gasteiger partial charge on any atom is -0.253 e. The van der Waals surface area contributed by atoms with Gasteiger partial charge < -0.3 is 0 Å². The van der Waals surface area contributed by atoms with E-state index < -0.39 is 20.4 Å². The average molecular weight is 379 g/mol. The highest BCUT2D eigenvalue weighted by Gasteiger charge is 2.43. The van der Waals surface area contributed by atoms with Gasteiger partial charge in [-0.15, -0.1) is 0 Å². The van der Waals surface area contributed by atoms with Crippen LogP contribution in [0.25, 0.3) is 16.5 Å². The number of fused-ring (bicyclic) bond motifs is 1. The Morgan fingerprint density at radius 1 is 1.04 bits per heavy atom. The standard InChI is InChI=1S/C22H18FNO2S/c1-27(25,26)22(13-6-9-17(15-22)16-7-3-2-4-8-16)19-12-14-24-21-18(19)10-5-11-20(21)23/h2-14H,15H2,1H3. The van der Waals surface area contributed by atoms with E-state index in [1.807, 2.05) is 36.4 Å². The molecule has 1 unspecified atom stereocenters. The predicted molar refractivity (Wildman–Crippen MR) is 106 cm³/mol. The van der Waals surface area contributed by atoms with Crippen LogP contribution in [-0.2, 0) is 14.6 Å². The van der Waals surface area contributed by atoms with Crippen molar-refractivity contribution in [2.75, 3.05) is 6.26 Å². The van der Waals surface area contributed by atoms with Gasteiger partial charge in [0.1, 0.15) is 16.1 Å². The summed E-state index contributed by atoms with van der Waals surface area (Å²) in [6.45, 7) is 0. The van der Waals surface area contributed by atoms with Gasteiger partial charge in [-0.2, -0.15) is 0 Å². The number of para-hydroxylation sites is 1. The van der Waals surface area contributed by atoms with Crippen molar-refractivity contribution < 1.29 is 12.8 Å². The van der Waals surface area contributed by atoms with Gasteiger partial charge >= 0.3 is 0 Å². The van der Waals surface area contributed by atoms with Gasteiger partial charge in [0.15, 0.2) is 9.84 Å². The molecule has 1 aromatic heterocycles. The third-order valence-electron chi connectivity index (χ3n) is 5.10. The fraction of sp³-hybridized carbons (Fsp3) is 0.136. The molecule has 0 N–H and O–H groups in total. The molecule has 4 rings (SSSR count). The molecule has 27 heavy (non-hydrogen) atoms. The van der Waals surface area contributed by atoms with Crippen LogP contribution in [0.4, 0.5) is 4.39 Å².